The summed E-state index contributed by atoms with van der Waals surface area (Å²) in [5.41, 5.74) is 0.211. The normalized spacial score (nSPS) is 25.4. The second kappa shape index (κ2) is 2.82. The zero-order valence-electron chi connectivity index (χ0n) is 8.32. The zero-order chi connectivity index (χ0) is 10.3. The molecule has 2 rings (SSSR count). The average molecular weight is 191 g/mol. The molecule has 0 saturated carbocycles. The molecule has 1 aromatic carbocycles. The van der Waals surface area contributed by atoms with Crippen molar-refractivity contribution in [2.24, 2.45) is 0 Å². The summed E-state index contributed by atoms with van der Waals surface area (Å²) in [6.07, 6.45) is 0.410. The molecular weight excluding hydrogens is 178 g/mol. The van der Waals surface area contributed by atoms with Crippen LogP contribution in [-0.2, 0) is 10.4 Å². The molecule has 0 radical (unpaired) electrons. The van der Waals surface area contributed by atoms with Crippen LogP contribution in [0.2, 0.25) is 0 Å². The van der Waals surface area contributed by atoms with Crippen molar-refractivity contribution in [3.63, 3.8) is 0 Å². The van der Waals surface area contributed by atoms with Crippen LogP contribution < -0.4 is 4.90 Å². The van der Waals surface area contributed by atoms with Crippen LogP contribution in [0.5, 0.6) is 0 Å². The molecule has 1 amide bonds. The lowest BCUT2D eigenvalue weighted by Crippen LogP contribution is -2.37. The molecule has 14 heavy (non-hydrogen) atoms. The molecule has 0 aliphatic carbocycles. The average Bonchev–Trinajstić information content (AvgIpc) is 2.43. The van der Waals surface area contributed by atoms with Crippen molar-refractivity contribution in [2.45, 2.75) is 18.9 Å². The van der Waals surface area contributed by atoms with Crippen molar-refractivity contribution >= 4 is 11.6 Å². The minimum Gasteiger partial charge on any atom is -0.375 e. The Morgan fingerprint density at radius 2 is 2.07 bits per heavy atom. The highest BCUT2D eigenvalue weighted by Gasteiger charge is 2.46. The summed E-state index contributed by atoms with van der Waals surface area (Å²) in [5.74, 6) is -0.235. The number of amides is 1. The third kappa shape index (κ3) is 0.930. The summed E-state index contributed by atoms with van der Waals surface area (Å²) >= 11 is 0. The first-order valence-corrected chi connectivity index (χ1v) is 4.71. The van der Waals surface area contributed by atoms with Gasteiger partial charge in [0.25, 0.3) is 5.91 Å². The van der Waals surface area contributed by atoms with Gasteiger partial charge in [-0.3, -0.25) is 4.79 Å². The number of rotatable bonds is 1. The van der Waals surface area contributed by atoms with Crippen LogP contribution in [0, 0.1) is 0 Å². The first-order valence-electron chi connectivity index (χ1n) is 4.71. The molecule has 1 heterocycles. The molecule has 1 N–H and O–H groups in total. The number of aliphatic hydroxyl groups is 1. The number of carbonyl (C=O) groups excluding carboxylic acids is 1. The smallest absolute Gasteiger partial charge is 0.263 e. The van der Waals surface area contributed by atoms with Crippen molar-refractivity contribution in [3.05, 3.63) is 29.8 Å². The molecule has 1 unspecified atom stereocenters. The number of carbonyl (C=O) groups is 1. The van der Waals surface area contributed by atoms with Crippen LogP contribution in [-0.4, -0.2) is 18.1 Å². The summed E-state index contributed by atoms with van der Waals surface area (Å²) in [6, 6.07) is 7.36. The molecule has 74 valence electrons. The van der Waals surface area contributed by atoms with Gasteiger partial charge in [0, 0.05) is 12.6 Å². The Kier molecular flexibility index (Phi) is 1.86. The van der Waals surface area contributed by atoms with Gasteiger partial charge in [-0.15, -0.1) is 0 Å². The topological polar surface area (TPSA) is 40.5 Å². The van der Waals surface area contributed by atoms with Crippen LogP contribution in [0.4, 0.5) is 5.69 Å². The van der Waals surface area contributed by atoms with Crippen LogP contribution in [0.1, 0.15) is 18.9 Å². The highest BCUT2D eigenvalue weighted by Crippen LogP contribution is 2.40. The first-order chi connectivity index (χ1) is 6.61. The minimum absolute atomic E-state index is 0.235. The SMILES string of the molecule is CCC1(O)C(=O)N(C)c2ccccc21. The monoisotopic (exact) mass is 191 g/mol. The molecular formula is C11H13NO2. The van der Waals surface area contributed by atoms with E-state index in [2.05, 4.69) is 0 Å². The number of para-hydroxylation sites is 1. The second-order valence-electron chi connectivity index (χ2n) is 3.60. The van der Waals surface area contributed by atoms with E-state index >= 15 is 0 Å². The van der Waals surface area contributed by atoms with Gasteiger partial charge in [0.05, 0.1) is 5.69 Å². The molecule has 1 atom stereocenters. The highest BCUT2D eigenvalue weighted by atomic mass is 16.3. The number of benzene rings is 1. The Hall–Kier alpha value is -1.35. The molecule has 0 fully saturated rings. The molecule has 1 aromatic rings. The molecule has 0 bridgehead atoms. The maximum absolute atomic E-state index is 11.8. The van der Waals surface area contributed by atoms with E-state index in [0.717, 1.165) is 11.3 Å². The van der Waals surface area contributed by atoms with E-state index in [1.54, 1.807) is 13.1 Å². The van der Waals surface area contributed by atoms with E-state index in [1.807, 2.05) is 25.1 Å². The van der Waals surface area contributed by atoms with Gasteiger partial charge in [-0.2, -0.15) is 0 Å². The molecule has 1 aliphatic rings. The van der Waals surface area contributed by atoms with E-state index in [9.17, 15) is 9.90 Å². The van der Waals surface area contributed by atoms with Gasteiger partial charge in [0.15, 0.2) is 5.60 Å². The van der Waals surface area contributed by atoms with Crippen molar-refractivity contribution in [1.82, 2.24) is 0 Å². The fourth-order valence-electron chi connectivity index (χ4n) is 1.96. The zero-order valence-corrected chi connectivity index (χ0v) is 8.32. The summed E-state index contributed by atoms with van der Waals surface area (Å²) in [5, 5.41) is 10.2. The third-order valence-electron chi connectivity index (χ3n) is 2.88. The number of hydrogen-bond acceptors (Lipinski definition) is 2. The van der Waals surface area contributed by atoms with Gasteiger partial charge in [-0.25, -0.2) is 0 Å². The lowest BCUT2D eigenvalue weighted by atomic mass is 9.93. The molecule has 0 aromatic heterocycles. The Labute approximate surface area is 83.0 Å². The van der Waals surface area contributed by atoms with Crippen LogP contribution >= 0.6 is 0 Å². The Bertz CT molecular complexity index is 389. The quantitative estimate of drug-likeness (QED) is 0.726. The van der Waals surface area contributed by atoms with Crippen molar-refractivity contribution < 1.29 is 9.90 Å². The van der Waals surface area contributed by atoms with E-state index in [4.69, 9.17) is 0 Å². The Morgan fingerprint density at radius 1 is 1.43 bits per heavy atom. The van der Waals surface area contributed by atoms with E-state index in [0.29, 0.717) is 6.42 Å². The third-order valence-corrected chi connectivity index (χ3v) is 2.88. The maximum Gasteiger partial charge on any atom is 0.263 e. The second-order valence-corrected chi connectivity index (χ2v) is 3.60. The molecule has 1 aliphatic heterocycles. The van der Waals surface area contributed by atoms with Gasteiger partial charge in [-0.1, -0.05) is 25.1 Å². The van der Waals surface area contributed by atoms with Crippen molar-refractivity contribution in [1.29, 1.82) is 0 Å². The lowest BCUT2D eigenvalue weighted by Gasteiger charge is -2.19. The number of likely N-dealkylation sites (N-methyl/N-ethyl adjacent to an activating group) is 1. The minimum atomic E-state index is -1.31. The van der Waals surface area contributed by atoms with Crippen molar-refractivity contribution in [3.8, 4) is 0 Å². The largest absolute Gasteiger partial charge is 0.375 e. The van der Waals surface area contributed by atoms with Gasteiger partial charge in [0.1, 0.15) is 0 Å². The van der Waals surface area contributed by atoms with Gasteiger partial charge in [0.2, 0.25) is 0 Å². The number of hydrogen-bond donors (Lipinski definition) is 1. The fraction of sp³-hybridized carbons (Fsp3) is 0.364. The summed E-state index contributed by atoms with van der Waals surface area (Å²) < 4.78 is 0. The number of nitrogens with zero attached hydrogens (tertiary/aromatic N) is 1. The standard InChI is InChI=1S/C11H13NO2/c1-3-11(14)8-6-4-5-7-9(8)12(2)10(11)13/h4-7,14H,3H2,1-2H3. The predicted octanol–water partition coefficient (Wildman–Crippen LogP) is 1.26. The van der Waals surface area contributed by atoms with Gasteiger partial charge < -0.3 is 10.0 Å². The van der Waals surface area contributed by atoms with Crippen LogP contribution in [0.15, 0.2) is 24.3 Å². The molecule has 0 spiro atoms. The van der Waals surface area contributed by atoms with Crippen LogP contribution in [0.3, 0.4) is 0 Å². The van der Waals surface area contributed by atoms with E-state index in [-0.39, 0.29) is 5.91 Å². The summed E-state index contributed by atoms with van der Waals surface area (Å²) in [6.45, 7) is 1.81. The van der Waals surface area contributed by atoms with Gasteiger partial charge in [-0.05, 0) is 12.5 Å². The number of anilines is 1. The summed E-state index contributed by atoms with van der Waals surface area (Å²) in [7, 11) is 1.69. The number of fused-ring (bicyclic) bond motifs is 1. The Balaban J connectivity index is 2.65. The molecule has 3 heteroatoms. The maximum atomic E-state index is 11.8. The first kappa shape index (κ1) is 9.21. The highest BCUT2D eigenvalue weighted by molar-refractivity contribution is 6.06. The van der Waals surface area contributed by atoms with Crippen molar-refractivity contribution in [2.75, 3.05) is 11.9 Å². The van der Waals surface area contributed by atoms with E-state index < -0.39 is 5.60 Å². The fourth-order valence-corrected chi connectivity index (χ4v) is 1.96. The van der Waals surface area contributed by atoms with Crippen LogP contribution in [0.25, 0.3) is 0 Å². The summed E-state index contributed by atoms with van der Waals surface area (Å²) in [4.78, 5) is 13.3. The molecule has 3 nitrogen and oxygen atoms in total. The molecule has 0 saturated heterocycles. The lowest BCUT2D eigenvalue weighted by molar-refractivity contribution is -0.136. The van der Waals surface area contributed by atoms with E-state index in [1.165, 1.54) is 4.90 Å². The van der Waals surface area contributed by atoms with Gasteiger partial charge >= 0.3 is 0 Å². The Morgan fingerprint density at radius 3 is 2.71 bits per heavy atom. The predicted molar refractivity (Wildman–Crippen MR) is 54.0 cm³/mol.